The second-order valence-electron chi connectivity index (χ2n) is 7.22. The molecule has 3 aromatic rings. The molecule has 0 spiro atoms. The van der Waals surface area contributed by atoms with Crippen LogP contribution in [0.3, 0.4) is 0 Å². The molecule has 0 bridgehead atoms. The molecule has 4 heterocycles. The van der Waals surface area contributed by atoms with Crippen molar-refractivity contribution in [2.75, 3.05) is 36.8 Å². The molecule has 29 heavy (non-hydrogen) atoms. The van der Waals surface area contributed by atoms with Gasteiger partial charge in [0, 0.05) is 44.0 Å². The summed E-state index contributed by atoms with van der Waals surface area (Å²) in [5.41, 5.74) is 1.29. The number of benzene rings is 1. The smallest absolute Gasteiger partial charge is 0.265 e. The maximum atomic E-state index is 13.1. The van der Waals surface area contributed by atoms with E-state index in [4.69, 9.17) is 0 Å². The van der Waals surface area contributed by atoms with Crippen molar-refractivity contribution < 1.29 is 9.18 Å². The van der Waals surface area contributed by atoms with Crippen molar-refractivity contribution in [1.82, 2.24) is 24.6 Å². The Hall–Kier alpha value is -2.88. The van der Waals surface area contributed by atoms with Gasteiger partial charge in [-0.3, -0.25) is 19.3 Å². The van der Waals surface area contributed by atoms with Gasteiger partial charge in [0.2, 0.25) is 5.91 Å². The Labute approximate surface area is 169 Å². The third-order valence-electron chi connectivity index (χ3n) is 5.49. The maximum Gasteiger partial charge on any atom is 0.265 e. The van der Waals surface area contributed by atoms with Crippen LogP contribution in [-0.4, -0.2) is 62.5 Å². The highest BCUT2D eigenvalue weighted by molar-refractivity contribution is 7.99. The van der Waals surface area contributed by atoms with Gasteiger partial charge in [0.05, 0.1) is 12.2 Å². The lowest BCUT2D eigenvalue weighted by Crippen LogP contribution is -2.49. The van der Waals surface area contributed by atoms with Gasteiger partial charge < -0.3 is 9.80 Å². The van der Waals surface area contributed by atoms with Crippen LogP contribution in [0.5, 0.6) is 0 Å². The summed E-state index contributed by atoms with van der Waals surface area (Å²) in [6.07, 6.45) is 1.76. The highest BCUT2D eigenvalue weighted by Crippen LogP contribution is 2.33. The topological polar surface area (TPSA) is 87.1 Å². The molecule has 1 N–H and O–H groups in total. The minimum Gasteiger partial charge on any atom is -0.368 e. The van der Waals surface area contributed by atoms with Crippen LogP contribution in [0.1, 0.15) is 12.5 Å². The van der Waals surface area contributed by atoms with Crippen molar-refractivity contribution in [3.05, 3.63) is 46.6 Å². The lowest BCUT2D eigenvalue weighted by atomic mass is 10.1. The van der Waals surface area contributed by atoms with E-state index in [0.717, 1.165) is 5.69 Å². The van der Waals surface area contributed by atoms with Crippen LogP contribution in [0, 0.1) is 5.82 Å². The van der Waals surface area contributed by atoms with E-state index >= 15 is 0 Å². The summed E-state index contributed by atoms with van der Waals surface area (Å²) in [5.74, 6) is 0.444. The number of thioether (sulfide) groups is 1. The minimum absolute atomic E-state index is 0.0430. The first-order chi connectivity index (χ1) is 14.1. The van der Waals surface area contributed by atoms with Gasteiger partial charge in [0.25, 0.3) is 5.56 Å². The fourth-order valence-corrected chi connectivity index (χ4v) is 5.04. The molecular weight excluding hydrogens is 395 g/mol. The molecule has 5 rings (SSSR count). The Kier molecular flexibility index (Phi) is 4.50. The largest absolute Gasteiger partial charge is 0.368 e. The standard InChI is InChI=1S/C19H19FN6O2S/c20-12-1-3-13(4-2-12)24-5-7-25(8-6-24)16(27)9-14-11-29-19-22-17-15(10-21-23-17)18(28)26(14)19/h1-4,10,14H,5-9,11H2,(H,21,23). The number of halogens is 1. The maximum absolute atomic E-state index is 13.1. The molecule has 1 fully saturated rings. The van der Waals surface area contributed by atoms with Crippen molar-refractivity contribution in [2.24, 2.45) is 0 Å². The number of nitrogens with zero attached hydrogens (tertiary/aromatic N) is 5. The zero-order chi connectivity index (χ0) is 20.0. The predicted molar refractivity (Wildman–Crippen MR) is 108 cm³/mol. The lowest BCUT2D eigenvalue weighted by Gasteiger charge is -2.36. The number of aromatic nitrogens is 4. The van der Waals surface area contributed by atoms with Crippen molar-refractivity contribution in [1.29, 1.82) is 0 Å². The summed E-state index contributed by atoms with van der Waals surface area (Å²) >= 11 is 1.49. The van der Waals surface area contributed by atoms with Crippen molar-refractivity contribution >= 4 is 34.4 Å². The average molecular weight is 414 g/mol. The highest BCUT2D eigenvalue weighted by Gasteiger charge is 2.31. The van der Waals surface area contributed by atoms with Gasteiger partial charge in [-0.25, -0.2) is 9.37 Å². The van der Waals surface area contributed by atoms with Gasteiger partial charge in [-0.2, -0.15) is 5.10 Å². The molecule has 150 valence electrons. The van der Waals surface area contributed by atoms with Crippen LogP contribution in [0.4, 0.5) is 10.1 Å². The molecule has 10 heteroatoms. The molecule has 0 saturated carbocycles. The second-order valence-corrected chi connectivity index (χ2v) is 8.20. The number of carbonyl (C=O) groups is 1. The summed E-state index contributed by atoms with van der Waals surface area (Å²) in [7, 11) is 0. The first-order valence-electron chi connectivity index (χ1n) is 9.47. The molecule has 1 amide bonds. The number of piperazine rings is 1. The molecule has 0 radical (unpaired) electrons. The molecule has 1 aromatic carbocycles. The first-order valence-corrected chi connectivity index (χ1v) is 10.5. The Morgan fingerprint density at radius 3 is 2.72 bits per heavy atom. The Morgan fingerprint density at radius 1 is 1.21 bits per heavy atom. The molecule has 1 saturated heterocycles. The fraction of sp³-hybridized carbons (Fsp3) is 0.368. The number of anilines is 1. The van der Waals surface area contributed by atoms with E-state index in [2.05, 4.69) is 20.1 Å². The molecule has 0 aliphatic carbocycles. The monoisotopic (exact) mass is 414 g/mol. The van der Waals surface area contributed by atoms with Crippen LogP contribution in [0.15, 0.2) is 40.4 Å². The summed E-state index contributed by atoms with van der Waals surface area (Å²) in [6, 6.07) is 6.22. The molecule has 2 aromatic heterocycles. The number of hydrogen-bond acceptors (Lipinski definition) is 6. The molecule has 2 aliphatic heterocycles. The quantitative estimate of drug-likeness (QED) is 0.656. The van der Waals surface area contributed by atoms with Gasteiger partial charge in [0.1, 0.15) is 11.2 Å². The average Bonchev–Trinajstić information content (AvgIpc) is 3.36. The zero-order valence-electron chi connectivity index (χ0n) is 15.5. The van der Waals surface area contributed by atoms with Crippen molar-refractivity contribution in [3.63, 3.8) is 0 Å². The fourth-order valence-electron chi connectivity index (χ4n) is 3.90. The van der Waals surface area contributed by atoms with Crippen LogP contribution in [-0.2, 0) is 4.79 Å². The van der Waals surface area contributed by atoms with Crippen LogP contribution >= 0.6 is 11.8 Å². The van der Waals surface area contributed by atoms with E-state index in [1.54, 1.807) is 16.7 Å². The Morgan fingerprint density at radius 2 is 1.97 bits per heavy atom. The van der Waals surface area contributed by atoms with Gasteiger partial charge >= 0.3 is 0 Å². The summed E-state index contributed by atoms with van der Waals surface area (Å²) < 4.78 is 14.7. The molecule has 2 aliphatic rings. The van der Waals surface area contributed by atoms with Gasteiger partial charge in [0.15, 0.2) is 10.8 Å². The van der Waals surface area contributed by atoms with Crippen LogP contribution in [0.25, 0.3) is 11.0 Å². The third-order valence-corrected chi connectivity index (χ3v) is 6.58. The Balaban J connectivity index is 1.26. The number of rotatable bonds is 3. The normalized spacial score (nSPS) is 19.0. The molecular formula is C19H19FN6O2S. The number of carbonyl (C=O) groups excluding carboxylic acids is 1. The number of nitrogens with one attached hydrogen (secondary N) is 1. The van der Waals surface area contributed by atoms with E-state index < -0.39 is 0 Å². The van der Waals surface area contributed by atoms with E-state index in [1.807, 2.05) is 4.90 Å². The highest BCUT2D eigenvalue weighted by atomic mass is 32.2. The van der Waals surface area contributed by atoms with Gasteiger partial charge in [-0.1, -0.05) is 11.8 Å². The van der Waals surface area contributed by atoms with E-state index in [-0.39, 0.29) is 29.7 Å². The van der Waals surface area contributed by atoms with Crippen molar-refractivity contribution in [3.8, 4) is 0 Å². The van der Waals surface area contributed by atoms with E-state index in [1.165, 1.54) is 30.1 Å². The van der Waals surface area contributed by atoms with Crippen molar-refractivity contribution in [2.45, 2.75) is 17.6 Å². The Bertz CT molecular complexity index is 1120. The first kappa shape index (κ1) is 18.2. The number of H-pyrrole nitrogens is 1. The number of hydrogen-bond donors (Lipinski definition) is 1. The van der Waals surface area contributed by atoms with E-state index in [0.29, 0.717) is 48.1 Å². The molecule has 1 unspecified atom stereocenters. The van der Waals surface area contributed by atoms with Gasteiger partial charge in [-0.05, 0) is 24.3 Å². The zero-order valence-corrected chi connectivity index (χ0v) is 16.4. The summed E-state index contributed by atoms with van der Waals surface area (Å²) in [5, 5.41) is 7.69. The second kappa shape index (κ2) is 7.18. The minimum atomic E-state index is -0.255. The van der Waals surface area contributed by atoms with E-state index in [9.17, 15) is 14.0 Å². The number of fused-ring (bicyclic) bond motifs is 2. The predicted octanol–water partition coefficient (Wildman–Crippen LogP) is 1.64. The third kappa shape index (κ3) is 3.27. The molecule has 1 atom stereocenters. The molecule has 8 nitrogen and oxygen atoms in total. The lowest BCUT2D eigenvalue weighted by molar-refractivity contribution is -0.132. The van der Waals surface area contributed by atoms with Gasteiger partial charge in [-0.15, -0.1) is 0 Å². The number of amides is 1. The summed E-state index contributed by atoms with van der Waals surface area (Å²) in [4.78, 5) is 34.1. The van der Waals surface area contributed by atoms with Crippen LogP contribution in [0.2, 0.25) is 0 Å². The number of aromatic amines is 1. The SMILES string of the molecule is O=C(CC1CSc2nc3[nH]ncc3c(=O)n21)N1CCN(c2ccc(F)cc2)CC1. The summed E-state index contributed by atoms with van der Waals surface area (Å²) in [6.45, 7) is 2.61. The van der Waals surface area contributed by atoms with Crippen LogP contribution < -0.4 is 10.5 Å².